The molecule has 3 heterocycles. The lowest BCUT2D eigenvalue weighted by Crippen LogP contribution is -2.51. The van der Waals surface area contributed by atoms with E-state index in [1.807, 2.05) is 46.2 Å². The van der Waals surface area contributed by atoms with E-state index in [2.05, 4.69) is 20.6 Å². The van der Waals surface area contributed by atoms with E-state index in [1.54, 1.807) is 4.68 Å². The van der Waals surface area contributed by atoms with Crippen LogP contribution in [0.5, 0.6) is 0 Å². The topological polar surface area (TPSA) is 133 Å². The molecule has 1 aliphatic heterocycles. The van der Waals surface area contributed by atoms with Crippen LogP contribution < -0.4 is 5.32 Å². The lowest BCUT2D eigenvalue weighted by Gasteiger charge is -2.34. The van der Waals surface area contributed by atoms with Crippen LogP contribution in [-0.4, -0.2) is 72.2 Å². The highest BCUT2D eigenvalue weighted by atomic mass is 32.1. The van der Waals surface area contributed by atoms with Gasteiger partial charge in [-0.25, -0.2) is 9.67 Å². The zero-order valence-corrected chi connectivity index (χ0v) is 21.8. The van der Waals surface area contributed by atoms with E-state index < -0.39 is 35.6 Å². The van der Waals surface area contributed by atoms with Gasteiger partial charge in [0.2, 0.25) is 11.8 Å². The molecule has 3 N–H and O–H groups in total. The van der Waals surface area contributed by atoms with Crippen LogP contribution >= 0.6 is 11.3 Å². The number of aromatic nitrogens is 4. The molecule has 4 atom stereocenters. The van der Waals surface area contributed by atoms with Crippen molar-refractivity contribution in [2.24, 2.45) is 5.41 Å². The van der Waals surface area contributed by atoms with Crippen LogP contribution in [-0.2, 0) is 9.59 Å². The van der Waals surface area contributed by atoms with Crippen molar-refractivity contribution in [2.75, 3.05) is 13.2 Å². The normalized spacial score (nSPS) is 22.5. The second kappa shape index (κ2) is 9.94. The number of aliphatic hydroxyl groups is 2. The minimum absolute atomic E-state index is 0.0612. The number of β-amino-alcohol motifs (C(OH)–C–C–N with tert-alkyl or cyclic N) is 1. The Hall–Kier alpha value is -2.37. The summed E-state index contributed by atoms with van der Waals surface area (Å²) in [6, 6.07) is -2.22. The first-order valence-corrected chi connectivity index (χ1v) is 13.1. The van der Waals surface area contributed by atoms with Crippen LogP contribution in [0.4, 0.5) is 0 Å². The Labute approximate surface area is 209 Å². The molecule has 4 rings (SSSR count). The highest BCUT2D eigenvalue weighted by Crippen LogP contribution is 2.40. The third-order valence-electron chi connectivity index (χ3n) is 6.60. The van der Waals surface area contributed by atoms with Gasteiger partial charge in [0.1, 0.15) is 12.1 Å². The van der Waals surface area contributed by atoms with Crippen molar-refractivity contribution < 1.29 is 19.8 Å². The molecule has 35 heavy (non-hydrogen) atoms. The fourth-order valence-corrected chi connectivity index (χ4v) is 5.42. The molecule has 11 heteroatoms. The summed E-state index contributed by atoms with van der Waals surface area (Å²) in [7, 11) is 0. The molecule has 10 nitrogen and oxygen atoms in total. The molecule has 0 aromatic carbocycles. The Morgan fingerprint density at radius 3 is 2.57 bits per heavy atom. The summed E-state index contributed by atoms with van der Waals surface area (Å²) in [4.78, 5) is 33.1. The van der Waals surface area contributed by atoms with Crippen molar-refractivity contribution in [1.29, 1.82) is 0 Å². The van der Waals surface area contributed by atoms with E-state index in [0.29, 0.717) is 11.6 Å². The fourth-order valence-electron chi connectivity index (χ4n) is 4.53. The van der Waals surface area contributed by atoms with Crippen LogP contribution in [0.15, 0.2) is 11.6 Å². The van der Waals surface area contributed by atoms with E-state index >= 15 is 0 Å². The number of nitrogens with zero attached hydrogens (tertiary/aromatic N) is 5. The zero-order chi connectivity index (χ0) is 25.5. The molecule has 1 saturated heterocycles. The highest BCUT2D eigenvalue weighted by molar-refractivity contribution is 7.09. The second-order valence-corrected chi connectivity index (χ2v) is 12.0. The Kier molecular flexibility index (Phi) is 7.31. The lowest BCUT2D eigenvalue weighted by atomic mass is 9.85. The van der Waals surface area contributed by atoms with Gasteiger partial charge in [-0.1, -0.05) is 39.8 Å². The number of nitrogens with one attached hydrogen (secondary N) is 1. The summed E-state index contributed by atoms with van der Waals surface area (Å²) in [6.45, 7) is 9.67. The first-order chi connectivity index (χ1) is 16.5. The number of amides is 2. The van der Waals surface area contributed by atoms with Gasteiger partial charge in [0.25, 0.3) is 0 Å². The van der Waals surface area contributed by atoms with Crippen LogP contribution in [0.1, 0.15) is 94.2 Å². The summed E-state index contributed by atoms with van der Waals surface area (Å²) in [5, 5.41) is 34.5. The Balaban J connectivity index is 1.54. The van der Waals surface area contributed by atoms with Gasteiger partial charge in [0, 0.05) is 36.4 Å². The summed E-state index contributed by atoms with van der Waals surface area (Å²) in [5.41, 5.74) is 0.980. The van der Waals surface area contributed by atoms with E-state index in [-0.39, 0.29) is 31.4 Å². The van der Waals surface area contributed by atoms with Crippen LogP contribution in [0, 0.1) is 5.41 Å². The third kappa shape index (κ3) is 5.57. The number of likely N-dealkylation sites (tertiary alicyclic amines) is 1. The third-order valence-corrected chi connectivity index (χ3v) is 7.76. The van der Waals surface area contributed by atoms with Gasteiger partial charge in [0.15, 0.2) is 0 Å². The smallest absolute Gasteiger partial charge is 0.248 e. The number of hydrogen-bond acceptors (Lipinski definition) is 8. The van der Waals surface area contributed by atoms with Crippen molar-refractivity contribution in [2.45, 2.75) is 89.9 Å². The number of carbonyl (C=O) groups is 2. The molecule has 0 radical (unpaired) electrons. The molecular formula is C24H36N6O4S. The molecule has 1 saturated carbocycles. The van der Waals surface area contributed by atoms with Crippen LogP contribution in [0.3, 0.4) is 0 Å². The standard InChI is InChI=1S/C24H36N6O4S/c1-13(2)22-26-18(12-35-22)17(11-31)25-21(33)19-8-15(32)9-29(19)23(34)20(24(3,4)5)30-10-16(27-28-30)14-6-7-14/h10,12-15,17,19-20,31-32H,6-9,11H2,1-5H3,(H,25,33)/t15-,17?,19+,20-/m1/s1. The number of carbonyl (C=O) groups excluding carboxylic acids is 2. The van der Waals surface area contributed by atoms with Gasteiger partial charge < -0.3 is 20.4 Å². The largest absolute Gasteiger partial charge is 0.394 e. The first kappa shape index (κ1) is 25.7. The Morgan fingerprint density at radius 1 is 1.29 bits per heavy atom. The van der Waals surface area contributed by atoms with Gasteiger partial charge in [-0.05, 0) is 18.3 Å². The van der Waals surface area contributed by atoms with Crippen molar-refractivity contribution in [3.8, 4) is 0 Å². The molecule has 1 aliphatic carbocycles. The van der Waals surface area contributed by atoms with Gasteiger partial charge in [-0.2, -0.15) is 0 Å². The summed E-state index contributed by atoms with van der Waals surface area (Å²) in [5.74, 6) is -0.0481. The van der Waals surface area contributed by atoms with Gasteiger partial charge in [0.05, 0.1) is 35.1 Å². The van der Waals surface area contributed by atoms with E-state index in [0.717, 1.165) is 23.5 Å². The Morgan fingerprint density at radius 2 is 2.00 bits per heavy atom. The lowest BCUT2D eigenvalue weighted by molar-refractivity contribution is -0.144. The molecule has 1 unspecified atom stereocenters. The maximum absolute atomic E-state index is 13.8. The van der Waals surface area contributed by atoms with Gasteiger partial charge >= 0.3 is 0 Å². The summed E-state index contributed by atoms with van der Waals surface area (Å²) < 4.78 is 1.61. The first-order valence-electron chi connectivity index (χ1n) is 12.3. The summed E-state index contributed by atoms with van der Waals surface area (Å²) in [6.07, 6.45) is 3.32. The molecule has 2 aromatic heterocycles. The average Bonchev–Trinajstić information content (AvgIpc) is 3.16. The fraction of sp³-hybridized carbons (Fsp3) is 0.708. The predicted octanol–water partition coefficient (Wildman–Crippen LogP) is 2.13. The zero-order valence-electron chi connectivity index (χ0n) is 21.0. The molecule has 0 spiro atoms. The van der Waals surface area contributed by atoms with Gasteiger partial charge in [-0.15, -0.1) is 16.4 Å². The quantitative estimate of drug-likeness (QED) is 0.501. The minimum atomic E-state index is -0.856. The van der Waals surface area contributed by atoms with Crippen LogP contribution in [0.2, 0.25) is 0 Å². The van der Waals surface area contributed by atoms with Crippen molar-refractivity contribution >= 4 is 23.2 Å². The molecule has 0 bridgehead atoms. The monoisotopic (exact) mass is 504 g/mol. The summed E-state index contributed by atoms with van der Waals surface area (Å²) >= 11 is 1.49. The molecular weight excluding hydrogens is 468 g/mol. The average molecular weight is 505 g/mol. The predicted molar refractivity (Wildman–Crippen MR) is 131 cm³/mol. The minimum Gasteiger partial charge on any atom is -0.394 e. The number of thiazole rings is 1. The number of hydrogen-bond donors (Lipinski definition) is 3. The maximum atomic E-state index is 13.8. The van der Waals surface area contributed by atoms with Crippen molar-refractivity contribution in [3.63, 3.8) is 0 Å². The molecule has 2 aromatic rings. The van der Waals surface area contributed by atoms with E-state index in [4.69, 9.17) is 0 Å². The second-order valence-electron chi connectivity index (χ2n) is 11.1. The van der Waals surface area contributed by atoms with E-state index in [1.165, 1.54) is 16.2 Å². The van der Waals surface area contributed by atoms with E-state index in [9.17, 15) is 19.8 Å². The van der Waals surface area contributed by atoms with Crippen molar-refractivity contribution in [3.05, 3.63) is 28.0 Å². The van der Waals surface area contributed by atoms with Crippen molar-refractivity contribution in [1.82, 2.24) is 30.2 Å². The molecule has 2 aliphatic rings. The molecule has 2 amide bonds. The highest BCUT2D eigenvalue weighted by Gasteiger charge is 2.45. The number of rotatable bonds is 8. The molecule has 2 fully saturated rings. The van der Waals surface area contributed by atoms with Gasteiger partial charge in [-0.3, -0.25) is 9.59 Å². The maximum Gasteiger partial charge on any atom is 0.248 e. The number of aliphatic hydroxyl groups excluding tert-OH is 2. The SMILES string of the molecule is CC(C)c1nc(C(CO)NC(=O)[C@@H]2C[C@@H](O)CN2C(=O)[C@@H](n2cc(C3CC3)nn2)C(C)(C)C)cs1. The Bertz CT molecular complexity index is 1060. The van der Waals surface area contributed by atoms with Crippen LogP contribution in [0.25, 0.3) is 0 Å². The molecule has 192 valence electrons.